The Morgan fingerprint density at radius 3 is 1.97 bits per heavy atom. The van der Waals surface area contributed by atoms with E-state index in [-0.39, 0.29) is 11.8 Å². The molecule has 7 nitrogen and oxygen atoms in total. The lowest BCUT2D eigenvalue weighted by Crippen LogP contribution is -2.46. The summed E-state index contributed by atoms with van der Waals surface area (Å²) in [5, 5.41) is 12.4. The first-order valence-electron chi connectivity index (χ1n) is 12.1. The van der Waals surface area contributed by atoms with E-state index in [1.807, 2.05) is 0 Å². The predicted molar refractivity (Wildman–Crippen MR) is 121 cm³/mol. The molecule has 0 unspecified atom stereocenters. The van der Waals surface area contributed by atoms with Crippen molar-refractivity contribution in [3.8, 4) is 0 Å². The number of piperazine rings is 1. The van der Waals surface area contributed by atoms with Crippen LogP contribution in [0.5, 0.6) is 0 Å². The van der Waals surface area contributed by atoms with Crippen LogP contribution in [0.3, 0.4) is 0 Å². The second-order valence-electron chi connectivity index (χ2n) is 9.13. The first kappa shape index (κ1) is 21.3. The first-order chi connectivity index (χ1) is 14.7. The smallest absolute Gasteiger partial charge is 0.223 e. The highest BCUT2D eigenvalue weighted by atomic mass is 16.1. The van der Waals surface area contributed by atoms with Crippen molar-refractivity contribution in [2.75, 3.05) is 55.6 Å². The molecule has 4 rings (SSSR count). The van der Waals surface area contributed by atoms with Crippen LogP contribution in [0.2, 0.25) is 0 Å². The molecule has 0 bridgehead atoms. The minimum atomic E-state index is 0.145. The van der Waals surface area contributed by atoms with Gasteiger partial charge < -0.3 is 20.0 Å². The maximum atomic E-state index is 12.7. The van der Waals surface area contributed by atoms with Crippen LogP contribution in [0.15, 0.2) is 12.1 Å². The van der Waals surface area contributed by atoms with Crippen LogP contribution >= 0.6 is 0 Å². The van der Waals surface area contributed by atoms with Gasteiger partial charge in [-0.2, -0.15) is 0 Å². The number of hydrogen-bond donors (Lipinski definition) is 1. The van der Waals surface area contributed by atoms with Crippen LogP contribution < -0.4 is 15.1 Å². The minimum absolute atomic E-state index is 0.145. The van der Waals surface area contributed by atoms with E-state index in [4.69, 9.17) is 0 Å². The molecule has 1 aromatic heterocycles. The van der Waals surface area contributed by atoms with E-state index < -0.39 is 0 Å². The molecule has 0 spiro atoms. The maximum absolute atomic E-state index is 12.7. The number of carbonyl (C=O) groups is 1. The van der Waals surface area contributed by atoms with Crippen LogP contribution in [0.1, 0.15) is 58.3 Å². The maximum Gasteiger partial charge on any atom is 0.223 e. The number of likely N-dealkylation sites (N-methyl/N-ethyl adjacent to an activating group) is 1. The Hall–Kier alpha value is -1.89. The standard InChI is InChI=1S/C23H38N6O/c1-2-27-15-17-29(18-16-27)22-10-9-21(25-26-22)28-13-11-19(12-14-28)23(30)24-20-7-5-3-4-6-8-20/h9-10,19-20H,2-8,11-18H2,1H3,(H,24,30). The normalized spacial score (nSPS) is 22.7. The summed E-state index contributed by atoms with van der Waals surface area (Å²) in [4.78, 5) is 19.8. The number of aromatic nitrogens is 2. The summed E-state index contributed by atoms with van der Waals surface area (Å²) < 4.78 is 0. The lowest BCUT2D eigenvalue weighted by atomic mass is 9.95. The van der Waals surface area contributed by atoms with E-state index in [9.17, 15) is 4.79 Å². The van der Waals surface area contributed by atoms with E-state index in [0.717, 1.165) is 83.1 Å². The number of anilines is 2. The SMILES string of the molecule is CCN1CCN(c2ccc(N3CCC(C(=O)NC4CCCCCC4)CC3)nn2)CC1. The minimum Gasteiger partial charge on any atom is -0.355 e. The zero-order valence-electron chi connectivity index (χ0n) is 18.6. The Morgan fingerprint density at radius 1 is 0.867 bits per heavy atom. The molecule has 166 valence electrons. The second kappa shape index (κ2) is 10.4. The number of hydrogen-bond acceptors (Lipinski definition) is 6. The van der Waals surface area contributed by atoms with Gasteiger partial charge in [0, 0.05) is 51.2 Å². The van der Waals surface area contributed by atoms with Gasteiger partial charge in [-0.3, -0.25) is 4.79 Å². The van der Waals surface area contributed by atoms with Gasteiger partial charge in [0.05, 0.1) is 0 Å². The van der Waals surface area contributed by atoms with Crippen molar-refractivity contribution in [1.29, 1.82) is 0 Å². The number of nitrogens with one attached hydrogen (secondary N) is 1. The molecule has 1 aromatic rings. The van der Waals surface area contributed by atoms with E-state index in [1.54, 1.807) is 0 Å². The average Bonchev–Trinajstić information content (AvgIpc) is 3.08. The van der Waals surface area contributed by atoms with Gasteiger partial charge in [0.15, 0.2) is 11.6 Å². The van der Waals surface area contributed by atoms with Crippen molar-refractivity contribution in [3.05, 3.63) is 12.1 Å². The van der Waals surface area contributed by atoms with Gasteiger partial charge in [-0.1, -0.05) is 32.6 Å². The summed E-state index contributed by atoms with van der Waals surface area (Å²) >= 11 is 0. The molecule has 0 atom stereocenters. The molecule has 1 N–H and O–H groups in total. The molecule has 3 heterocycles. The number of piperidine rings is 1. The molecule has 0 radical (unpaired) electrons. The van der Waals surface area contributed by atoms with Crippen LogP contribution in [-0.4, -0.2) is 72.9 Å². The topological polar surface area (TPSA) is 64.6 Å². The van der Waals surface area contributed by atoms with Crippen LogP contribution in [-0.2, 0) is 4.79 Å². The predicted octanol–water partition coefficient (Wildman–Crippen LogP) is 2.67. The van der Waals surface area contributed by atoms with Crippen molar-refractivity contribution >= 4 is 17.5 Å². The van der Waals surface area contributed by atoms with Gasteiger partial charge in [-0.15, -0.1) is 10.2 Å². The number of nitrogens with zero attached hydrogens (tertiary/aromatic N) is 5. The summed E-state index contributed by atoms with van der Waals surface area (Å²) in [7, 11) is 0. The molecular weight excluding hydrogens is 376 g/mol. The van der Waals surface area contributed by atoms with Gasteiger partial charge in [0.1, 0.15) is 0 Å². The summed E-state index contributed by atoms with van der Waals surface area (Å²) in [6.07, 6.45) is 9.26. The van der Waals surface area contributed by atoms with E-state index >= 15 is 0 Å². The van der Waals surface area contributed by atoms with Gasteiger partial charge >= 0.3 is 0 Å². The zero-order valence-corrected chi connectivity index (χ0v) is 18.6. The van der Waals surface area contributed by atoms with Gasteiger partial charge in [-0.25, -0.2) is 0 Å². The fourth-order valence-electron chi connectivity index (χ4n) is 5.06. The monoisotopic (exact) mass is 414 g/mol. The second-order valence-corrected chi connectivity index (χ2v) is 9.13. The Kier molecular flexibility index (Phi) is 7.42. The third-order valence-corrected chi connectivity index (χ3v) is 7.17. The molecule has 3 fully saturated rings. The highest BCUT2D eigenvalue weighted by Crippen LogP contribution is 2.24. The van der Waals surface area contributed by atoms with Crippen molar-refractivity contribution in [2.45, 2.75) is 64.3 Å². The van der Waals surface area contributed by atoms with Gasteiger partial charge in [-0.05, 0) is 44.4 Å². The Labute approximate surface area is 181 Å². The van der Waals surface area contributed by atoms with E-state index in [1.165, 1.54) is 25.7 Å². The number of rotatable bonds is 5. The van der Waals surface area contributed by atoms with Crippen molar-refractivity contribution in [3.63, 3.8) is 0 Å². The third kappa shape index (κ3) is 5.42. The fourth-order valence-corrected chi connectivity index (χ4v) is 5.06. The van der Waals surface area contributed by atoms with Gasteiger partial charge in [0.25, 0.3) is 0 Å². The van der Waals surface area contributed by atoms with Crippen molar-refractivity contribution in [1.82, 2.24) is 20.4 Å². The van der Waals surface area contributed by atoms with Crippen molar-refractivity contribution < 1.29 is 4.79 Å². The summed E-state index contributed by atoms with van der Waals surface area (Å²) in [5.41, 5.74) is 0. The molecule has 0 aromatic carbocycles. The lowest BCUT2D eigenvalue weighted by Gasteiger charge is -2.35. The van der Waals surface area contributed by atoms with Crippen LogP contribution in [0.4, 0.5) is 11.6 Å². The Morgan fingerprint density at radius 2 is 1.43 bits per heavy atom. The zero-order chi connectivity index (χ0) is 20.8. The molecule has 1 aliphatic carbocycles. The summed E-state index contributed by atoms with van der Waals surface area (Å²) in [5.74, 6) is 2.33. The highest BCUT2D eigenvalue weighted by molar-refractivity contribution is 5.79. The quantitative estimate of drug-likeness (QED) is 0.748. The van der Waals surface area contributed by atoms with Crippen LogP contribution in [0, 0.1) is 5.92 Å². The molecule has 1 amide bonds. The number of carbonyl (C=O) groups excluding carboxylic acids is 1. The lowest BCUT2D eigenvalue weighted by molar-refractivity contribution is -0.126. The van der Waals surface area contributed by atoms with Crippen molar-refractivity contribution in [2.24, 2.45) is 5.92 Å². The molecular formula is C23H38N6O. The van der Waals surface area contributed by atoms with E-state index in [0.29, 0.717) is 6.04 Å². The average molecular weight is 415 g/mol. The molecule has 2 aliphatic heterocycles. The summed E-state index contributed by atoms with van der Waals surface area (Å²) in [6.45, 7) is 9.32. The molecule has 30 heavy (non-hydrogen) atoms. The molecule has 7 heteroatoms. The summed E-state index contributed by atoms with van der Waals surface area (Å²) in [6, 6.07) is 4.60. The Bertz CT molecular complexity index is 657. The highest BCUT2D eigenvalue weighted by Gasteiger charge is 2.27. The fraction of sp³-hybridized carbons (Fsp3) is 0.783. The first-order valence-corrected chi connectivity index (χ1v) is 12.1. The molecule has 3 aliphatic rings. The number of amides is 1. The third-order valence-electron chi connectivity index (χ3n) is 7.17. The van der Waals surface area contributed by atoms with Gasteiger partial charge in [0.2, 0.25) is 5.91 Å². The van der Waals surface area contributed by atoms with Crippen LogP contribution in [0.25, 0.3) is 0 Å². The van der Waals surface area contributed by atoms with E-state index in [2.05, 4.69) is 49.3 Å². The largest absolute Gasteiger partial charge is 0.355 e. The Balaban J connectivity index is 1.24. The molecule has 1 saturated carbocycles. The molecule has 2 saturated heterocycles.